The van der Waals surface area contributed by atoms with E-state index in [1.54, 1.807) is 13.2 Å². The molecule has 0 radical (unpaired) electrons. The highest BCUT2D eigenvalue weighted by atomic mass is 127. The summed E-state index contributed by atoms with van der Waals surface area (Å²) < 4.78 is 46.9. The molecule has 1 rings (SSSR count). The molecule has 1 aromatic rings. The first-order valence-electron chi connectivity index (χ1n) is 8.74. The second kappa shape index (κ2) is 12.3. The van der Waals surface area contributed by atoms with E-state index < -0.39 is 12.8 Å². The zero-order valence-corrected chi connectivity index (χ0v) is 19.2. The number of hydrogen-bond donors (Lipinski definition) is 2. The van der Waals surface area contributed by atoms with E-state index in [0.29, 0.717) is 24.6 Å². The second-order valence-electron chi connectivity index (χ2n) is 7.07. The van der Waals surface area contributed by atoms with E-state index in [-0.39, 0.29) is 47.9 Å². The van der Waals surface area contributed by atoms with Crippen molar-refractivity contribution < 1.29 is 22.6 Å². The Kier molecular flexibility index (Phi) is 11.7. The number of methoxy groups -OCH3 is 1. The topological polar surface area (TPSA) is 67.8 Å². The van der Waals surface area contributed by atoms with Crippen LogP contribution in [0, 0.1) is 5.41 Å². The highest BCUT2D eigenvalue weighted by Crippen LogP contribution is 2.21. The van der Waals surface area contributed by atoms with Gasteiger partial charge in [-0.25, -0.2) is 9.98 Å². The van der Waals surface area contributed by atoms with Crippen LogP contribution in [0.3, 0.4) is 0 Å². The molecule has 1 atom stereocenters. The first-order valence-corrected chi connectivity index (χ1v) is 8.74. The quantitative estimate of drug-likeness (QED) is 0.312. The number of guanidine groups is 1. The molecular weight excluding hydrogens is 488 g/mol. The Hall–Kier alpha value is -1.30. The van der Waals surface area contributed by atoms with Crippen molar-refractivity contribution in [3.05, 3.63) is 23.9 Å². The van der Waals surface area contributed by atoms with Gasteiger partial charge in [-0.15, -0.1) is 24.0 Å². The van der Waals surface area contributed by atoms with E-state index in [2.05, 4.69) is 46.1 Å². The maximum Gasteiger partial charge on any atom is 0.422 e. The van der Waals surface area contributed by atoms with E-state index in [1.807, 2.05) is 6.92 Å². The predicted octanol–water partition coefficient (Wildman–Crippen LogP) is 3.76. The number of alkyl halides is 3. The molecule has 2 N–H and O–H groups in total. The average Bonchev–Trinajstić information content (AvgIpc) is 2.57. The molecule has 0 saturated carbocycles. The lowest BCUT2D eigenvalue weighted by atomic mass is 9.89. The molecule has 1 heterocycles. The minimum atomic E-state index is -4.40. The largest absolute Gasteiger partial charge is 0.468 e. The number of aliphatic imine (C=N–C) groups is 1. The van der Waals surface area contributed by atoms with Crippen LogP contribution >= 0.6 is 24.0 Å². The van der Waals surface area contributed by atoms with Crippen molar-refractivity contribution in [2.75, 3.05) is 26.8 Å². The normalized spacial score (nSPS) is 13.5. The fourth-order valence-corrected chi connectivity index (χ4v) is 2.23. The number of nitrogens with zero attached hydrogens (tertiary/aromatic N) is 2. The lowest BCUT2D eigenvalue weighted by molar-refractivity contribution is -0.154. The van der Waals surface area contributed by atoms with Crippen LogP contribution in [0.15, 0.2) is 23.3 Å². The third-order valence-electron chi connectivity index (χ3n) is 3.65. The van der Waals surface area contributed by atoms with Gasteiger partial charge in [-0.1, -0.05) is 20.8 Å². The molecule has 0 saturated heterocycles. The molecule has 0 aliphatic rings. The summed E-state index contributed by atoms with van der Waals surface area (Å²) in [6.45, 7) is 8.36. The Morgan fingerprint density at radius 2 is 1.93 bits per heavy atom. The number of rotatable bonds is 8. The summed E-state index contributed by atoms with van der Waals surface area (Å²) in [7, 11) is 1.67. The maximum absolute atomic E-state index is 12.2. The van der Waals surface area contributed by atoms with Crippen LogP contribution in [-0.2, 0) is 11.3 Å². The molecule has 0 bridgehead atoms. The number of aromatic nitrogens is 1. The molecule has 10 heteroatoms. The van der Waals surface area contributed by atoms with Crippen molar-refractivity contribution in [3.63, 3.8) is 0 Å². The van der Waals surface area contributed by atoms with Crippen LogP contribution in [0.5, 0.6) is 5.88 Å². The van der Waals surface area contributed by atoms with Gasteiger partial charge < -0.3 is 20.1 Å². The van der Waals surface area contributed by atoms with Crippen molar-refractivity contribution in [3.8, 4) is 5.88 Å². The minimum absolute atomic E-state index is 0. The Morgan fingerprint density at radius 3 is 2.46 bits per heavy atom. The highest BCUT2D eigenvalue weighted by molar-refractivity contribution is 14.0. The van der Waals surface area contributed by atoms with Gasteiger partial charge in [0, 0.05) is 32.5 Å². The van der Waals surface area contributed by atoms with Crippen LogP contribution in [0.25, 0.3) is 0 Å². The van der Waals surface area contributed by atoms with Crippen molar-refractivity contribution in [1.29, 1.82) is 0 Å². The van der Waals surface area contributed by atoms with E-state index in [0.717, 1.165) is 0 Å². The molecule has 28 heavy (non-hydrogen) atoms. The smallest absolute Gasteiger partial charge is 0.422 e. The Balaban J connectivity index is 0.00000729. The Morgan fingerprint density at radius 1 is 1.25 bits per heavy atom. The molecule has 162 valence electrons. The monoisotopic (exact) mass is 518 g/mol. The number of nitrogens with one attached hydrogen (secondary N) is 2. The van der Waals surface area contributed by atoms with Crippen molar-refractivity contribution >= 4 is 29.9 Å². The minimum Gasteiger partial charge on any atom is -0.468 e. The number of ether oxygens (including phenoxy) is 2. The average molecular weight is 518 g/mol. The summed E-state index contributed by atoms with van der Waals surface area (Å²) in [4.78, 5) is 8.24. The van der Waals surface area contributed by atoms with Gasteiger partial charge in [0.05, 0.1) is 12.6 Å². The molecule has 6 nitrogen and oxygen atoms in total. The van der Waals surface area contributed by atoms with E-state index >= 15 is 0 Å². The van der Waals surface area contributed by atoms with Gasteiger partial charge in [0.2, 0.25) is 5.88 Å². The van der Waals surface area contributed by atoms with Crippen LogP contribution < -0.4 is 15.4 Å². The third-order valence-corrected chi connectivity index (χ3v) is 3.65. The van der Waals surface area contributed by atoms with E-state index in [1.165, 1.54) is 12.3 Å². The summed E-state index contributed by atoms with van der Waals surface area (Å²) in [5.41, 5.74) is 0.660. The number of pyridine rings is 1. The SMILES string of the molecule is CCNC(=NCc1ccnc(OCC(F)(F)F)c1)NCC(OC)C(C)(C)C.I. The molecule has 0 aliphatic heterocycles. The lowest BCUT2D eigenvalue weighted by Gasteiger charge is -2.30. The molecule has 0 fully saturated rings. The van der Waals surface area contributed by atoms with Crippen LogP contribution in [0.2, 0.25) is 0 Å². The van der Waals surface area contributed by atoms with E-state index in [4.69, 9.17) is 4.74 Å². The van der Waals surface area contributed by atoms with Crippen molar-refractivity contribution in [2.24, 2.45) is 10.4 Å². The second-order valence-corrected chi connectivity index (χ2v) is 7.07. The van der Waals surface area contributed by atoms with Gasteiger partial charge >= 0.3 is 6.18 Å². The summed E-state index contributed by atoms with van der Waals surface area (Å²) in [6.07, 6.45) is -3.01. The van der Waals surface area contributed by atoms with Gasteiger partial charge in [0.15, 0.2) is 12.6 Å². The molecule has 0 spiro atoms. The fourth-order valence-electron chi connectivity index (χ4n) is 2.23. The third kappa shape index (κ3) is 10.9. The molecule has 0 aromatic carbocycles. The van der Waals surface area contributed by atoms with Gasteiger partial charge in [-0.2, -0.15) is 13.2 Å². The van der Waals surface area contributed by atoms with Gasteiger partial charge in [-0.05, 0) is 24.0 Å². The van der Waals surface area contributed by atoms with E-state index in [9.17, 15) is 13.2 Å². The first kappa shape index (κ1) is 26.7. The van der Waals surface area contributed by atoms with Crippen LogP contribution in [0.4, 0.5) is 13.2 Å². The first-order chi connectivity index (χ1) is 12.5. The molecule has 1 aromatic heterocycles. The molecular formula is C18H30F3IN4O2. The van der Waals surface area contributed by atoms with Crippen LogP contribution in [-0.4, -0.2) is 50.0 Å². The molecule has 0 aliphatic carbocycles. The highest BCUT2D eigenvalue weighted by Gasteiger charge is 2.28. The zero-order valence-electron chi connectivity index (χ0n) is 16.9. The summed E-state index contributed by atoms with van der Waals surface area (Å²) in [6, 6.07) is 3.13. The zero-order chi connectivity index (χ0) is 20.5. The van der Waals surface area contributed by atoms with Gasteiger partial charge in [0.1, 0.15) is 0 Å². The summed E-state index contributed by atoms with van der Waals surface area (Å²) in [5.74, 6) is 0.517. The van der Waals surface area contributed by atoms with Crippen molar-refractivity contribution in [1.82, 2.24) is 15.6 Å². The van der Waals surface area contributed by atoms with Crippen LogP contribution in [0.1, 0.15) is 33.3 Å². The molecule has 1 unspecified atom stereocenters. The Bertz CT molecular complexity index is 607. The number of hydrogen-bond acceptors (Lipinski definition) is 4. The van der Waals surface area contributed by atoms with Gasteiger partial charge in [-0.3, -0.25) is 0 Å². The fraction of sp³-hybridized carbons (Fsp3) is 0.667. The number of halogens is 4. The standard InChI is InChI=1S/C18H29F3N4O2.HI/c1-6-22-16(25-11-14(26-5)17(2,3)4)24-10-13-7-8-23-15(9-13)27-12-18(19,20)21;/h7-9,14H,6,10-12H2,1-5H3,(H2,22,24,25);1H. The lowest BCUT2D eigenvalue weighted by Crippen LogP contribution is -2.45. The summed E-state index contributed by atoms with van der Waals surface area (Å²) in [5, 5.41) is 6.36. The Labute approximate surface area is 181 Å². The van der Waals surface area contributed by atoms with Crippen molar-refractivity contribution in [2.45, 2.75) is 46.5 Å². The maximum atomic E-state index is 12.2. The molecule has 0 amide bonds. The summed E-state index contributed by atoms with van der Waals surface area (Å²) >= 11 is 0. The van der Waals surface area contributed by atoms with Gasteiger partial charge in [0.25, 0.3) is 0 Å². The predicted molar refractivity (Wildman–Crippen MR) is 114 cm³/mol.